The van der Waals surface area contributed by atoms with Crippen molar-refractivity contribution in [2.45, 2.75) is 12.2 Å². The first-order valence-electron chi connectivity index (χ1n) is 6.39. The van der Waals surface area contributed by atoms with Gasteiger partial charge in [0.15, 0.2) is 6.10 Å². The number of aliphatic hydroxyl groups excluding tert-OH is 2. The smallest absolute Gasteiger partial charge is 0.152 e. The van der Waals surface area contributed by atoms with E-state index in [1.807, 2.05) is 18.2 Å². The molecular formula is C16H18O4. The highest BCUT2D eigenvalue weighted by atomic mass is 16.5. The van der Waals surface area contributed by atoms with E-state index in [9.17, 15) is 10.2 Å². The fourth-order valence-electron chi connectivity index (χ4n) is 1.89. The fraction of sp³-hybridized carbons (Fsp3) is 0.250. The Morgan fingerprint density at radius 3 is 2.15 bits per heavy atom. The molecule has 2 N–H and O–H groups in total. The third-order valence-corrected chi connectivity index (χ3v) is 3.02. The fourth-order valence-corrected chi connectivity index (χ4v) is 1.89. The number of para-hydroxylation sites is 1. The lowest BCUT2D eigenvalue weighted by Crippen LogP contribution is -2.29. The first kappa shape index (κ1) is 14.4. The van der Waals surface area contributed by atoms with Crippen molar-refractivity contribution in [2.24, 2.45) is 0 Å². The summed E-state index contributed by atoms with van der Waals surface area (Å²) in [5, 5.41) is 19.7. The second-order valence-corrected chi connectivity index (χ2v) is 4.37. The maximum absolute atomic E-state index is 10.3. The van der Waals surface area contributed by atoms with Crippen LogP contribution in [0.1, 0.15) is 11.7 Å². The van der Waals surface area contributed by atoms with Crippen molar-refractivity contribution in [1.29, 1.82) is 0 Å². The van der Waals surface area contributed by atoms with Gasteiger partial charge < -0.3 is 19.7 Å². The van der Waals surface area contributed by atoms with Crippen molar-refractivity contribution < 1.29 is 19.7 Å². The molecule has 0 spiro atoms. The van der Waals surface area contributed by atoms with Crippen LogP contribution in [0.3, 0.4) is 0 Å². The van der Waals surface area contributed by atoms with Crippen molar-refractivity contribution in [3.05, 3.63) is 60.2 Å². The van der Waals surface area contributed by atoms with Gasteiger partial charge in [0.25, 0.3) is 0 Å². The Balaban J connectivity index is 2.09. The molecule has 0 saturated carbocycles. The third-order valence-electron chi connectivity index (χ3n) is 3.02. The molecule has 0 fully saturated rings. The van der Waals surface area contributed by atoms with E-state index in [0.717, 1.165) is 0 Å². The quantitative estimate of drug-likeness (QED) is 0.847. The number of hydrogen-bond donors (Lipinski definition) is 2. The van der Waals surface area contributed by atoms with Crippen LogP contribution in [0.15, 0.2) is 54.6 Å². The highest BCUT2D eigenvalue weighted by Crippen LogP contribution is 2.23. The van der Waals surface area contributed by atoms with Crippen LogP contribution >= 0.6 is 0 Å². The molecule has 4 heteroatoms. The van der Waals surface area contributed by atoms with Gasteiger partial charge in [0.05, 0.1) is 13.7 Å². The number of aliphatic hydroxyl groups is 2. The monoisotopic (exact) mass is 274 g/mol. The van der Waals surface area contributed by atoms with Gasteiger partial charge in [-0.25, -0.2) is 0 Å². The molecule has 2 atom stereocenters. The van der Waals surface area contributed by atoms with Gasteiger partial charge in [-0.1, -0.05) is 30.3 Å². The lowest BCUT2D eigenvalue weighted by molar-refractivity contribution is 0.000759. The lowest BCUT2D eigenvalue weighted by atomic mass is 10.0. The summed E-state index contributed by atoms with van der Waals surface area (Å²) in [4.78, 5) is 0. The predicted molar refractivity (Wildman–Crippen MR) is 75.9 cm³/mol. The zero-order valence-corrected chi connectivity index (χ0v) is 11.3. The van der Waals surface area contributed by atoms with Crippen LogP contribution in [-0.2, 0) is 0 Å². The minimum atomic E-state index is -0.911. The summed E-state index contributed by atoms with van der Waals surface area (Å²) >= 11 is 0. The largest absolute Gasteiger partial charge is 0.497 e. The van der Waals surface area contributed by atoms with Crippen LogP contribution in [0.2, 0.25) is 0 Å². The molecule has 0 saturated heterocycles. The van der Waals surface area contributed by atoms with Crippen LogP contribution < -0.4 is 9.47 Å². The molecule has 2 unspecified atom stereocenters. The topological polar surface area (TPSA) is 58.9 Å². The molecule has 2 aromatic carbocycles. The summed E-state index contributed by atoms with van der Waals surface area (Å²) in [5.74, 6) is 1.32. The summed E-state index contributed by atoms with van der Waals surface area (Å²) < 4.78 is 10.7. The molecule has 2 rings (SSSR count). The van der Waals surface area contributed by atoms with E-state index >= 15 is 0 Å². The molecule has 0 bridgehead atoms. The summed E-state index contributed by atoms with van der Waals surface area (Å²) in [6.07, 6.45) is -1.63. The zero-order chi connectivity index (χ0) is 14.4. The Hall–Kier alpha value is -2.04. The van der Waals surface area contributed by atoms with Crippen LogP contribution in [0.4, 0.5) is 0 Å². The number of methoxy groups -OCH3 is 1. The Morgan fingerprint density at radius 1 is 0.950 bits per heavy atom. The summed E-state index contributed by atoms with van der Waals surface area (Å²) in [6.45, 7) is -0.276. The number of rotatable bonds is 6. The molecule has 0 heterocycles. The van der Waals surface area contributed by atoms with E-state index in [1.165, 1.54) is 0 Å². The van der Waals surface area contributed by atoms with Crippen molar-refractivity contribution in [1.82, 2.24) is 0 Å². The van der Waals surface area contributed by atoms with Crippen molar-refractivity contribution >= 4 is 0 Å². The molecular weight excluding hydrogens is 256 g/mol. The molecule has 0 aliphatic carbocycles. The highest BCUT2D eigenvalue weighted by molar-refractivity contribution is 5.29. The Bertz CT molecular complexity index is 510. The Labute approximate surface area is 118 Å². The molecule has 0 aromatic heterocycles. The van der Waals surface area contributed by atoms with E-state index in [0.29, 0.717) is 17.1 Å². The minimum absolute atomic E-state index is 0.276. The van der Waals surface area contributed by atoms with Crippen LogP contribution in [0, 0.1) is 0 Å². The minimum Gasteiger partial charge on any atom is -0.497 e. The molecule has 4 nitrogen and oxygen atoms in total. The number of ether oxygens (including phenoxy) is 2. The molecule has 0 aliphatic heterocycles. The highest BCUT2D eigenvalue weighted by Gasteiger charge is 2.22. The first-order valence-corrected chi connectivity index (χ1v) is 6.39. The summed E-state index contributed by atoms with van der Waals surface area (Å²) in [5.41, 5.74) is 0.667. The normalized spacial score (nSPS) is 13.6. The Kier molecular flexibility index (Phi) is 4.98. The van der Waals surface area contributed by atoms with Gasteiger partial charge in [-0.15, -0.1) is 0 Å². The van der Waals surface area contributed by atoms with E-state index in [1.54, 1.807) is 43.5 Å². The first-order chi connectivity index (χ1) is 9.74. The van der Waals surface area contributed by atoms with Gasteiger partial charge in [-0.05, 0) is 29.8 Å². The van der Waals surface area contributed by atoms with E-state index in [4.69, 9.17) is 9.47 Å². The van der Waals surface area contributed by atoms with Gasteiger partial charge in [0.1, 0.15) is 17.6 Å². The maximum Gasteiger partial charge on any atom is 0.152 e. The van der Waals surface area contributed by atoms with Crippen molar-refractivity contribution in [2.75, 3.05) is 13.7 Å². The molecule has 0 aliphatic rings. The molecule has 106 valence electrons. The number of benzene rings is 2. The zero-order valence-electron chi connectivity index (χ0n) is 11.3. The van der Waals surface area contributed by atoms with Crippen molar-refractivity contribution in [3.8, 4) is 11.5 Å². The summed E-state index contributed by atoms with van der Waals surface area (Å²) in [6, 6.07) is 16.1. The van der Waals surface area contributed by atoms with E-state index < -0.39 is 12.2 Å². The molecule has 2 aromatic rings. The van der Waals surface area contributed by atoms with Gasteiger partial charge in [0, 0.05) is 0 Å². The van der Waals surface area contributed by atoms with Crippen LogP contribution in [0.25, 0.3) is 0 Å². The Morgan fingerprint density at radius 2 is 1.60 bits per heavy atom. The standard InChI is InChI=1S/C16H18O4/c1-19-13-9-7-12(8-10-13)16(18)15(11-17)20-14-5-3-2-4-6-14/h2-10,15-18H,11H2,1H3. The van der Waals surface area contributed by atoms with Gasteiger partial charge in [-0.2, -0.15) is 0 Å². The molecule has 0 amide bonds. The average Bonchev–Trinajstić information content (AvgIpc) is 2.53. The average molecular weight is 274 g/mol. The van der Waals surface area contributed by atoms with E-state index in [2.05, 4.69) is 0 Å². The van der Waals surface area contributed by atoms with Crippen molar-refractivity contribution in [3.63, 3.8) is 0 Å². The lowest BCUT2D eigenvalue weighted by Gasteiger charge is -2.22. The van der Waals surface area contributed by atoms with Gasteiger partial charge in [-0.3, -0.25) is 0 Å². The second-order valence-electron chi connectivity index (χ2n) is 4.37. The molecule has 20 heavy (non-hydrogen) atoms. The maximum atomic E-state index is 10.3. The van der Waals surface area contributed by atoms with Gasteiger partial charge in [0.2, 0.25) is 0 Å². The van der Waals surface area contributed by atoms with Gasteiger partial charge >= 0.3 is 0 Å². The third kappa shape index (κ3) is 3.50. The summed E-state index contributed by atoms with van der Waals surface area (Å²) in [7, 11) is 1.58. The van der Waals surface area contributed by atoms with E-state index in [-0.39, 0.29) is 6.61 Å². The van der Waals surface area contributed by atoms with Crippen LogP contribution in [0.5, 0.6) is 11.5 Å². The number of hydrogen-bond acceptors (Lipinski definition) is 4. The predicted octanol–water partition coefficient (Wildman–Crippen LogP) is 2.17. The SMILES string of the molecule is COc1ccc(C(O)C(CO)Oc2ccccc2)cc1. The van der Waals surface area contributed by atoms with Crippen LogP contribution in [-0.4, -0.2) is 30.0 Å². The second kappa shape index (κ2) is 6.93. The molecule has 0 radical (unpaired) electrons.